The summed E-state index contributed by atoms with van der Waals surface area (Å²) in [6.07, 6.45) is 3.41. The molecule has 1 aliphatic heterocycles. The van der Waals surface area contributed by atoms with Gasteiger partial charge < -0.3 is 9.84 Å². The van der Waals surface area contributed by atoms with Crippen LogP contribution in [0, 0.1) is 0 Å². The average molecular weight is 170 g/mol. The molecular formula is C8H14N2O2. The topological polar surface area (TPSA) is 53.8 Å². The smallest absolute Gasteiger partial charge is 0.204 e. The molecule has 1 aliphatic rings. The molecule has 0 aromatic heterocycles. The summed E-state index contributed by atoms with van der Waals surface area (Å²) >= 11 is 0. The lowest BCUT2D eigenvalue weighted by Gasteiger charge is -2.11. The van der Waals surface area contributed by atoms with Gasteiger partial charge in [0.25, 0.3) is 0 Å². The molecule has 0 amide bonds. The largest absolute Gasteiger partial charge is 0.395 e. The predicted octanol–water partition coefficient (Wildman–Crippen LogP) is -0.101. The van der Waals surface area contributed by atoms with E-state index in [0.717, 1.165) is 5.57 Å². The molecule has 1 atom stereocenters. The minimum absolute atomic E-state index is 0.0990. The summed E-state index contributed by atoms with van der Waals surface area (Å²) in [5, 5.41) is 11.5. The van der Waals surface area contributed by atoms with Crippen molar-refractivity contribution < 1.29 is 9.84 Å². The van der Waals surface area contributed by atoms with Gasteiger partial charge in [-0.1, -0.05) is 6.08 Å². The number of nitrogens with one attached hydrogen (secondary N) is 1. The zero-order valence-electron chi connectivity index (χ0n) is 7.16. The van der Waals surface area contributed by atoms with Gasteiger partial charge in [-0.3, -0.25) is 5.32 Å². The van der Waals surface area contributed by atoms with Crippen molar-refractivity contribution in [2.75, 3.05) is 19.8 Å². The summed E-state index contributed by atoms with van der Waals surface area (Å²) in [6, 6.07) is 0. The van der Waals surface area contributed by atoms with Gasteiger partial charge in [0.2, 0.25) is 6.35 Å². The van der Waals surface area contributed by atoms with Gasteiger partial charge in [0.15, 0.2) is 0 Å². The molecule has 1 rings (SSSR count). The molecule has 0 radical (unpaired) electrons. The summed E-state index contributed by atoms with van der Waals surface area (Å²) in [4.78, 5) is 4.10. The zero-order valence-corrected chi connectivity index (χ0v) is 7.16. The summed E-state index contributed by atoms with van der Waals surface area (Å²) < 4.78 is 5.28. The maximum Gasteiger partial charge on any atom is 0.204 e. The van der Waals surface area contributed by atoms with Crippen molar-refractivity contribution in [3.8, 4) is 0 Å². The van der Waals surface area contributed by atoms with Crippen LogP contribution in [0.5, 0.6) is 0 Å². The van der Waals surface area contributed by atoms with E-state index < -0.39 is 0 Å². The van der Waals surface area contributed by atoms with Crippen LogP contribution in [0.25, 0.3) is 0 Å². The van der Waals surface area contributed by atoms with E-state index in [1.807, 2.05) is 13.0 Å². The maximum atomic E-state index is 8.54. The lowest BCUT2D eigenvalue weighted by atomic mass is 10.3. The molecule has 1 heterocycles. The second kappa shape index (κ2) is 5.03. The molecule has 4 nitrogen and oxygen atoms in total. The third-order valence-corrected chi connectivity index (χ3v) is 1.50. The minimum atomic E-state index is -0.314. The molecule has 68 valence electrons. The van der Waals surface area contributed by atoms with E-state index in [-0.39, 0.29) is 13.0 Å². The van der Waals surface area contributed by atoms with Gasteiger partial charge in [0.05, 0.1) is 13.2 Å². The fourth-order valence-corrected chi connectivity index (χ4v) is 0.851. The summed E-state index contributed by atoms with van der Waals surface area (Å²) in [7, 11) is 0. The van der Waals surface area contributed by atoms with Crippen LogP contribution in [0.1, 0.15) is 6.92 Å². The summed E-state index contributed by atoms with van der Waals surface area (Å²) in [5.74, 6) is 0. The minimum Gasteiger partial charge on any atom is -0.395 e. The highest BCUT2D eigenvalue weighted by atomic mass is 16.5. The number of aliphatic hydroxyl groups excluding tert-OH is 1. The van der Waals surface area contributed by atoms with Crippen molar-refractivity contribution in [3.63, 3.8) is 0 Å². The number of nitrogens with zero attached hydrogens (tertiary/aromatic N) is 1. The van der Waals surface area contributed by atoms with E-state index in [2.05, 4.69) is 10.3 Å². The molecule has 4 heteroatoms. The Kier molecular flexibility index (Phi) is 3.93. The summed E-state index contributed by atoms with van der Waals surface area (Å²) in [6.45, 7) is 3.14. The Morgan fingerprint density at radius 3 is 3.42 bits per heavy atom. The van der Waals surface area contributed by atoms with Crippen LogP contribution in [0.3, 0.4) is 0 Å². The number of allylic oxidation sites excluding steroid dienone is 1. The van der Waals surface area contributed by atoms with Gasteiger partial charge >= 0.3 is 0 Å². The predicted molar refractivity (Wildman–Crippen MR) is 47.1 cm³/mol. The van der Waals surface area contributed by atoms with Crippen LogP contribution >= 0.6 is 0 Å². The van der Waals surface area contributed by atoms with Crippen LogP contribution in [0.4, 0.5) is 0 Å². The monoisotopic (exact) mass is 170 g/mol. The Labute approximate surface area is 72.0 Å². The Balaban J connectivity index is 2.34. The SMILES string of the molecule is CC1=CCOC(NCCO)N=C1. The highest BCUT2D eigenvalue weighted by Crippen LogP contribution is 1.98. The fraction of sp³-hybridized carbons (Fsp3) is 0.625. The van der Waals surface area contributed by atoms with E-state index in [1.54, 1.807) is 6.21 Å². The Hall–Kier alpha value is -0.710. The number of hydrogen-bond donors (Lipinski definition) is 2. The molecule has 12 heavy (non-hydrogen) atoms. The quantitative estimate of drug-likeness (QED) is 0.622. The molecule has 0 aliphatic carbocycles. The van der Waals surface area contributed by atoms with Crippen molar-refractivity contribution in [3.05, 3.63) is 11.6 Å². The Bertz CT molecular complexity index is 189. The van der Waals surface area contributed by atoms with E-state index in [0.29, 0.717) is 13.2 Å². The normalized spacial score (nSPS) is 23.5. The van der Waals surface area contributed by atoms with Crippen LogP contribution in [-0.2, 0) is 4.74 Å². The number of aliphatic hydroxyl groups is 1. The van der Waals surface area contributed by atoms with Crippen molar-refractivity contribution in [2.45, 2.75) is 13.3 Å². The van der Waals surface area contributed by atoms with E-state index in [4.69, 9.17) is 9.84 Å². The highest BCUT2D eigenvalue weighted by molar-refractivity contribution is 5.77. The Morgan fingerprint density at radius 1 is 1.83 bits per heavy atom. The first-order chi connectivity index (χ1) is 5.83. The molecule has 0 aromatic rings. The number of hydrogen-bond acceptors (Lipinski definition) is 4. The first-order valence-electron chi connectivity index (χ1n) is 3.98. The second-order valence-electron chi connectivity index (χ2n) is 2.59. The zero-order chi connectivity index (χ0) is 8.81. The second-order valence-corrected chi connectivity index (χ2v) is 2.59. The van der Waals surface area contributed by atoms with Gasteiger partial charge in [0, 0.05) is 12.8 Å². The molecule has 0 bridgehead atoms. The van der Waals surface area contributed by atoms with Crippen LogP contribution < -0.4 is 5.32 Å². The van der Waals surface area contributed by atoms with Crippen molar-refractivity contribution in [1.29, 1.82) is 0 Å². The maximum absolute atomic E-state index is 8.54. The number of rotatable bonds is 3. The molecular weight excluding hydrogens is 156 g/mol. The Morgan fingerprint density at radius 2 is 2.67 bits per heavy atom. The van der Waals surface area contributed by atoms with Crippen LogP contribution in [0.15, 0.2) is 16.6 Å². The molecule has 0 saturated heterocycles. The third-order valence-electron chi connectivity index (χ3n) is 1.50. The first-order valence-corrected chi connectivity index (χ1v) is 3.98. The number of aliphatic imine (C=N–C) groups is 1. The van der Waals surface area contributed by atoms with Crippen LogP contribution in [-0.4, -0.2) is 37.4 Å². The lowest BCUT2D eigenvalue weighted by Crippen LogP contribution is -2.32. The standard InChI is InChI=1S/C8H14N2O2/c1-7-2-5-12-8(10-6-7)9-3-4-11/h2,6,8-9,11H,3-5H2,1H3. The van der Waals surface area contributed by atoms with Gasteiger partial charge in [0.1, 0.15) is 0 Å². The molecule has 0 aromatic carbocycles. The first kappa shape index (κ1) is 9.38. The lowest BCUT2D eigenvalue weighted by molar-refractivity contribution is 0.0533. The highest BCUT2D eigenvalue weighted by Gasteiger charge is 2.05. The molecule has 0 spiro atoms. The van der Waals surface area contributed by atoms with E-state index >= 15 is 0 Å². The van der Waals surface area contributed by atoms with Gasteiger partial charge in [-0.05, 0) is 12.5 Å². The van der Waals surface area contributed by atoms with Gasteiger partial charge in [-0.25, -0.2) is 4.99 Å². The van der Waals surface area contributed by atoms with Gasteiger partial charge in [-0.15, -0.1) is 0 Å². The van der Waals surface area contributed by atoms with Crippen molar-refractivity contribution >= 4 is 6.21 Å². The summed E-state index contributed by atoms with van der Waals surface area (Å²) in [5.41, 5.74) is 1.10. The van der Waals surface area contributed by atoms with E-state index in [9.17, 15) is 0 Å². The number of ether oxygens (including phenoxy) is 1. The molecule has 0 fully saturated rings. The fourth-order valence-electron chi connectivity index (χ4n) is 0.851. The molecule has 2 N–H and O–H groups in total. The van der Waals surface area contributed by atoms with Crippen molar-refractivity contribution in [2.24, 2.45) is 4.99 Å². The third kappa shape index (κ3) is 3.13. The van der Waals surface area contributed by atoms with E-state index in [1.165, 1.54) is 0 Å². The van der Waals surface area contributed by atoms with Crippen molar-refractivity contribution in [1.82, 2.24) is 5.32 Å². The van der Waals surface area contributed by atoms with Crippen LogP contribution in [0.2, 0.25) is 0 Å². The molecule has 1 unspecified atom stereocenters. The average Bonchev–Trinajstić information content (AvgIpc) is 2.27. The molecule has 0 saturated carbocycles. The van der Waals surface area contributed by atoms with Gasteiger partial charge in [-0.2, -0.15) is 0 Å².